The van der Waals surface area contributed by atoms with Gasteiger partial charge >= 0.3 is 5.69 Å². The van der Waals surface area contributed by atoms with Crippen molar-refractivity contribution in [2.24, 2.45) is 0 Å². The van der Waals surface area contributed by atoms with Crippen molar-refractivity contribution in [3.63, 3.8) is 0 Å². The lowest BCUT2D eigenvalue weighted by Gasteiger charge is -2.06. The first-order valence-electron chi connectivity index (χ1n) is 8.62. The average Bonchev–Trinajstić information content (AvgIpc) is 2.92. The molecule has 8 nitrogen and oxygen atoms in total. The van der Waals surface area contributed by atoms with Gasteiger partial charge in [-0.15, -0.1) is 16.9 Å². The molecule has 0 aliphatic rings. The molecule has 9 heteroatoms. The summed E-state index contributed by atoms with van der Waals surface area (Å²) in [5.41, 5.74) is 0.578. The van der Waals surface area contributed by atoms with Crippen molar-refractivity contribution in [3.8, 4) is 5.75 Å². The molecule has 3 aromatic rings. The van der Waals surface area contributed by atoms with Crippen LogP contribution in [0.25, 0.3) is 5.65 Å². The Balaban J connectivity index is 1.72. The number of fused-ring (bicyclic) bond motifs is 1. The summed E-state index contributed by atoms with van der Waals surface area (Å²) in [4.78, 5) is 24.7. The summed E-state index contributed by atoms with van der Waals surface area (Å²) in [7, 11) is 0. The zero-order valence-electron chi connectivity index (χ0n) is 15.4. The third kappa shape index (κ3) is 4.68. The number of rotatable bonds is 7. The van der Waals surface area contributed by atoms with Crippen molar-refractivity contribution in [2.75, 3.05) is 11.9 Å². The summed E-state index contributed by atoms with van der Waals surface area (Å²) in [6, 6.07) is 10.6. The van der Waals surface area contributed by atoms with Gasteiger partial charge in [0.05, 0.1) is 6.61 Å². The van der Waals surface area contributed by atoms with E-state index < -0.39 is 5.69 Å². The van der Waals surface area contributed by atoms with E-state index in [0.717, 1.165) is 15.5 Å². The third-order valence-corrected chi connectivity index (χ3v) is 4.45. The molecule has 0 unspecified atom stereocenters. The molecule has 1 N–H and O–H groups in total. The van der Waals surface area contributed by atoms with Crippen molar-refractivity contribution in [1.82, 2.24) is 19.4 Å². The molecule has 0 fully saturated rings. The Morgan fingerprint density at radius 1 is 1.19 bits per heavy atom. The monoisotopic (exact) mass is 387 g/mol. The molecule has 27 heavy (non-hydrogen) atoms. The molecule has 142 valence electrons. The molecule has 3 rings (SSSR count). The van der Waals surface area contributed by atoms with Crippen LogP contribution < -0.4 is 15.7 Å². The van der Waals surface area contributed by atoms with Crippen molar-refractivity contribution < 1.29 is 9.53 Å². The number of nitrogens with one attached hydrogen (secondary N) is 1. The maximum atomic E-state index is 12.5. The minimum Gasteiger partial charge on any atom is -0.494 e. The number of amides is 1. The molecule has 0 atom stereocenters. The van der Waals surface area contributed by atoms with E-state index in [1.807, 2.05) is 26.8 Å². The Kier molecular flexibility index (Phi) is 5.80. The standard InChI is InChI=1S/C18H21N5O3S/c1-4-26-14-7-5-13(6-8-14)19-16(24)11-22-18(25)23-15(20-22)9-10-17(21-23)27-12(2)3/h5-10,12H,4,11H2,1-3H3,(H,19,24). The van der Waals surface area contributed by atoms with Crippen molar-refractivity contribution in [2.45, 2.75) is 37.6 Å². The van der Waals surface area contributed by atoms with Crippen LogP contribution >= 0.6 is 11.8 Å². The largest absolute Gasteiger partial charge is 0.494 e. The van der Waals surface area contributed by atoms with E-state index in [-0.39, 0.29) is 12.5 Å². The second-order valence-electron chi connectivity index (χ2n) is 6.05. The number of anilines is 1. The van der Waals surface area contributed by atoms with Gasteiger partial charge in [0.1, 0.15) is 17.3 Å². The Morgan fingerprint density at radius 2 is 1.93 bits per heavy atom. The number of carbonyl (C=O) groups is 1. The Labute approximate surface area is 160 Å². The molecule has 0 aliphatic carbocycles. The summed E-state index contributed by atoms with van der Waals surface area (Å²) in [5, 5.41) is 12.3. The van der Waals surface area contributed by atoms with Crippen LogP contribution in [0.1, 0.15) is 20.8 Å². The zero-order valence-corrected chi connectivity index (χ0v) is 16.2. The molecule has 1 aromatic carbocycles. The van der Waals surface area contributed by atoms with E-state index in [9.17, 15) is 9.59 Å². The molecular weight excluding hydrogens is 366 g/mol. The predicted molar refractivity (Wildman–Crippen MR) is 104 cm³/mol. The molecule has 0 radical (unpaired) electrons. The van der Waals surface area contributed by atoms with Crippen LogP contribution in [0.3, 0.4) is 0 Å². The number of carbonyl (C=O) groups excluding carboxylic acids is 1. The van der Waals surface area contributed by atoms with E-state index in [2.05, 4.69) is 15.5 Å². The number of hydrogen-bond donors (Lipinski definition) is 1. The van der Waals surface area contributed by atoms with Gasteiger partial charge < -0.3 is 10.1 Å². The van der Waals surface area contributed by atoms with Crippen molar-refractivity contribution in [1.29, 1.82) is 0 Å². The Hall–Kier alpha value is -2.81. The summed E-state index contributed by atoms with van der Waals surface area (Å²) in [5.74, 6) is 0.384. The van der Waals surface area contributed by atoms with E-state index in [4.69, 9.17) is 4.74 Å². The predicted octanol–water partition coefficient (Wildman–Crippen LogP) is 2.43. The highest BCUT2D eigenvalue weighted by atomic mass is 32.2. The average molecular weight is 387 g/mol. The number of aromatic nitrogens is 4. The molecule has 1 amide bonds. The van der Waals surface area contributed by atoms with Gasteiger partial charge in [-0.05, 0) is 43.3 Å². The first-order valence-corrected chi connectivity index (χ1v) is 9.50. The van der Waals surface area contributed by atoms with E-state index in [1.54, 1.807) is 42.1 Å². The molecular formula is C18H21N5O3S. The topological polar surface area (TPSA) is 90.5 Å². The summed E-state index contributed by atoms with van der Waals surface area (Å²) < 4.78 is 7.69. The quantitative estimate of drug-likeness (QED) is 0.626. The fourth-order valence-corrected chi connectivity index (χ4v) is 3.20. The summed E-state index contributed by atoms with van der Waals surface area (Å²) in [6.45, 7) is 6.39. The number of ether oxygens (including phenoxy) is 1. The molecule has 0 saturated heterocycles. The summed E-state index contributed by atoms with van der Waals surface area (Å²) >= 11 is 1.55. The lowest BCUT2D eigenvalue weighted by molar-refractivity contribution is -0.117. The lowest BCUT2D eigenvalue weighted by Crippen LogP contribution is -2.28. The van der Waals surface area contributed by atoms with Crippen LogP contribution in [-0.4, -0.2) is 37.2 Å². The fourth-order valence-electron chi connectivity index (χ4n) is 2.44. The van der Waals surface area contributed by atoms with Crippen LogP contribution in [0.15, 0.2) is 46.2 Å². The SMILES string of the molecule is CCOc1ccc(NC(=O)Cn2nc3ccc(SC(C)C)nn3c2=O)cc1. The molecule has 2 heterocycles. The van der Waals surface area contributed by atoms with Gasteiger partial charge in [0.15, 0.2) is 5.65 Å². The molecule has 0 saturated carbocycles. The second kappa shape index (κ2) is 8.26. The van der Waals surface area contributed by atoms with Crippen molar-refractivity contribution >= 4 is 29.0 Å². The Morgan fingerprint density at radius 3 is 2.59 bits per heavy atom. The van der Waals surface area contributed by atoms with Gasteiger partial charge in [-0.3, -0.25) is 4.79 Å². The lowest BCUT2D eigenvalue weighted by atomic mass is 10.3. The zero-order chi connectivity index (χ0) is 19.4. The van der Waals surface area contributed by atoms with Gasteiger partial charge in [-0.25, -0.2) is 9.48 Å². The number of nitrogens with zero attached hydrogens (tertiary/aromatic N) is 4. The fraction of sp³-hybridized carbons (Fsp3) is 0.333. The van der Waals surface area contributed by atoms with E-state index in [1.165, 1.54) is 4.52 Å². The molecule has 0 spiro atoms. The number of benzene rings is 1. The minimum atomic E-state index is -0.446. The van der Waals surface area contributed by atoms with Crippen LogP contribution in [0, 0.1) is 0 Å². The number of hydrogen-bond acceptors (Lipinski definition) is 6. The van der Waals surface area contributed by atoms with Gasteiger partial charge in [-0.2, -0.15) is 9.61 Å². The van der Waals surface area contributed by atoms with Crippen LogP contribution in [-0.2, 0) is 11.3 Å². The van der Waals surface area contributed by atoms with E-state index >= 15 is 0 Å². The van der Waals surface area contributed by atoms with Crippen LogP contribution in [0.4, 0.5) is 5.69 Å². The van der Waals surface area contributed by atoms with E-state index in [0.29, 0.717) is 23.2 Å². The van der Waals surface area contributed by atoms with Gasteiger partial charge in [0, 0.05) is 10.9 Å². The van der Waals surface area contributed by atoms with Gasteiger partial charge in [0.25, 0.3) is 0 Å². The van der Waals surface area contributed by atoms with Crippen molar-refractivity contribution in [3.05, 3.63) is 46.9 Å². The highest BCUT2D eigenvalue weighted by molar-refractivity contribution is 7.99. The smallest absolute Gasteiger partial charge is 0.367 e. The Bertz CT molecular complexity index is 994. The first-order chi connectivity index (χ1) is 13.0. The highest BCUT2D eigenvalue weighted by Crippen LogP contribution is 2.20. The van der Waals surface area contributed by atoms with Gasteiger partial charge in [-0.1, -0.05) is 13.8 Å². The summed E-state index contributed by atoms with van der Waals surface area (Å²) in [6.07, 6.45) is 0. The maximum Gasteiger partial charge on any atom is 0.367 e. The molecule has 0 aliphatic heterocycles. The van der Waals surface area contributed by atoms with Gasteiger partial charge in [0.2, 0.25) is 5.91 Å². The van der Waals surface area contributed by atoms with Crippen LogP contribution in [0.5, 0.6) is 5.75 Å². The number of thioether (sulfide) groups is 1. The van der Waals surface area contributed by atoms with Crippen LogP contribution in [0.2, 0.25) is 0 Å². The highest BCUT2D eigenvalue weighted by Gasteiger charge is 2.13. The second-order valence-corrected chi connectivity index (χ2v) is 7.65. The third-order valence-electron chi connectivity index (χ3n) is 3.51. The molecule has 0 bridgehead atoms. The minimum absolute atomic E-state index is 0.192. The first kappa shape index (κ1) is 19.0. The normalized spacial score (nSPS) is 11.1. The maximum absolute atomic E-state index is 12.5. The molecule has 2 aromatic heterocycles.